The minimum absolute atomic E-state index is 0.136. The summed E-state index contributed by atoms with van der Waals surface area (Å²) in [4.78, 5) is 10.8. The van der Waals surface area contributed by atoms with Gasteiger partial charge in [-0.3, -0.25) is 0 Å². The standard InChI is InChI=1S/C13H10N2O4/c1-15-10-5-8(16)3-2-7(10)4-11(15)12-6-9(13(17)18)14-19-12/h2-6,16H,1H3,(H,17,18). The first kappa shape index (κ1) is 11.3. The largest absolute Gasteiger partial charge is 0.508 e. The maximum absolute atomic E-state index is 10.8. The first-order valence-corrected chi connectivity index (χ1v) is 5.55. The second-order valence-corrected chi connectivity index (χ2v) is 4.21. The Balaban J connectivity index is 2.19. The number of carboxylic acids is 1. The van der Waals surface area contributed by atoms with E-state index in [2.05, 4.69) is 5.16 Å². The number of carbonyl (C=O) groups is 1. The van der Waals surface area contributed by atoms with Crippen LogP contribution in [0.15, 0.2) is 34.9 Å². The lowest BCUT2D eigenvalue weighted by atomic mass is 10.2. The van der Waals surface area contributed by atoms with Crippen LogP contribution < -0.4 is 0 Å². The van der Waals surface area contributed by atoms with E-state index < -0.39 is 5.97 Å². The molecule has 2 N–H and O–H groups in total. The molecule has 0 aliphatic rings. The highest BCUT2D eigenvalue weighted by Crippen LogP contribution is 2.29. The van der Waals surface area contributed by atoms with E-state index in [4.69, 9.17) is 9.63 Å². The number of nitrogens with zero attached hydrogens (tertiary/aromatic N) is 2. The molecule has 1 aromatic carbocycles. The van der Waals surface area contributed by atoms with Crippen molar-refractivity contribution < 1.29 is 19.5 Å². The highest BCUT2D eigenvalue weighted by molar-refractivity contribution is 5.89. The van der Waals surface area contributed by atoms with Gasteiger partial charge in [0, 0.05) is 24.6 Å². The second-order valence-electron chi connectivity index (χ2n) is 4.21. The third-order valence-corrected chi connectivity index (χ3v) is 3.01. The number of phenols is 1. The van der Waals surface area contributed by atoms with Gasteiger partial charge in [0.1, 0.15) is 5.75 Å². The molecule has 6 nitrogen and oxygen atoms in total. The first-order chi connectivity index (χ1) is 9.06. The lowest BCUT2D eigenvalue weighted by Crippen LogP contribution is -1.94. The van der Waals surface area contributed by atoms with Gasteiger partial charge in [0.05, 0.1) is 11.2 Å². The minimum Gasteiger partial charge on any atom is -0.508 e. The van der Waals surface area contributed by atoms with Gasteiger partial charge in [0.15, 0.2) is 11.5 Å². The van der Waals surface area contributed by atoms with Crippen molar-refractivity contribution in [3.8, 4) is 17.2 Å². The number of phenolic OH excluding ortho intramolecular Hbond substituents is 1. The Bertz CT molecular complexity index is 785. The molecule has 0 spiro atoms. The van der Waals surface area contributed by atoms with Gasteiger partial charge in [-0.25, -0.2) is 4.79 Å². The van der Waals surface area contributed by atoms with E-state index in [-0.39, 0.29) is 11.4 Å². The summed E-state index contributed by atoms with van der Waals surface area (Å²) < 4.78 is 6.85. The number of fused-ring (bicyclic) bond motifs is 1. The zero-order chi connectivity index (χ0) is 13.6. The third-order valence-electron chi connectivity index (χ3n) is 3.01. The molecule has 2 aromatic heterocycles. The lowest BCUT2D eigenvalue weighted by Gasteiger charge is -2.00. The number of hydrogen-bond acceptors (Lipinski definition) is 4. The van der Waals surface area contributed by atoms with Crippen LogP contribution in [0.3, 0.4) is 0 Å². The fourth-order valence-electron chi connectivity index (χ4n) is 2.05. The Kier molecular flexibility index (Phi) is 2.31. The van der Waals surface area contributed by atoms with Crippen LogP contribution >= 0.6 is 0 Å². The maximum Gasteiger partial charge on any atom is 0.358 e. The number of aromatic hydroxyl groups is 1. The van der Waals surface area contributed by atoms with Crippen LogP contribution in [0, 0.1) is 0 Å². The summed E-state index contributed by atoms with van der Waals surface area (Å²) in [6.07, 6.45) is 0. The Labute approximate surface area is 107 Å². The normalized spacial score (nSPS) is 11.0. The number of benzene rings is 1. The molecule has 6 heteroatoms. The van der Waals surface area contributed by atoms with E-state index in [1.54, 1.807) is 29.8 Å². The summed E-state index contributed by atoms with van der Waals surface area (Å²) in [5.41, 5.74) is 1.38. The first-order valence-electron chi connectivity index (χ1n) is 5.55. The van der Waals surface area contributed by atoms with E-state index in [1.165, 1.54) is 6.07 Å². The van der Waals surface area contributed by atoms with Crippen molar-refractivity contribution in [2.24, 2.45) is 7.05 Å². The van der Waals surface area contributed by atoms with Crippen molar-refractivity contribution in [3.63, 3.8) is 0 Å². The number of aromatic nitrogens is 2. The molecule has 0 atom stereocenters. The SMILES string of the molecule is Cn1c(-c2cc(C(=O)O)no2)cc2ccc(O)cc21. The Morgan fingerprint density at radius 1 is 1.32 bits per heavy atom. The van der Waals surface area contributed by atoms with Crippen molar-refractivity contribution in [1.82, 2.24) is 9.72 Å². The molecule has 0 amide bonds. The van der Waals surface area contributed by atoms with Gasteiger partial charge >= 0.3 is 5.97 Å². The molecule has 96 valence electrons. The van der Waals surface area contributed by atoms with Crippen LogP contribution in [0.5, 0.6) is 5.75 Å². The van der Waals surface area contributed by atoms with E-state index in [9.17, 15) is 9.90 Å². The molecule has 0 unspecified atom stereocenters. The summed E-state index contributed by atoms with van der Waals surface area (Å²) in [5.74, 6) is -0.592. The van der Waals surface area contributed by atoms with Gasteiger partial charge in [-0.05, 0) is 18.2 Å². The Hall–Kier alpha value is -2.76. The van der Waals surface area contributed by atoms with E-state index in [0.717, 1.165) is 10.9 Å². The molecule has 0 radical (unpaired) electrons. The van der Waals surface area contributed by atoms with Crippen LogP contribution in [0.2, 0.25) is 0 Å². The fourth-order valence-corrected chi connectivity index (χ4v) is 2.05. The number of aryl methyl sites for hydroxylation is 1. The predicted octanol–water partition coefficient (Wildman–Crippen LogP) is 2.24. The van der Waals surface area contributed by atoms with Crippen molar-refractivity contribution in [2.45, 2.75) is 0 Å². The van der Waals surface area contributed by atoms with Crippen LogP contribution in [0.25, 0.3) is 22.4 Å². The number of aromatic carboxylic acids is 1. The molecular weight excluding hydrogens is 248 g/mol. The van der Waals surface area contributed by atoms with E-state index in [0.29, 0.717) is 11.5 Å². The molecule has 3 rings (SSSR count). The molecular formula is C13H10N2O4. The number of hydrogen-bond donors (Lipinski definition) is 2. The molecule has 0 bridgehead atoms. The molecule has 19 heavy (non-hydrogen) atoms. The van der Waals surface area contributed by atoms with E-state index in [1.807, 2.05) is 6.07 Å². The maximum atomic E-state index is 10.8. The lowest BCUT2D eigenvalue weighted by molar-refractivity contribution is 0.0686. The molecule has 0 fully saturated rings. The van der Waals surface area contributed by atoms with E-state index >= 15 is 0 Å². The van der Waals surface area contributed by atoms with Gasteiger partial charge < -0.3 is 19.3 Å². The molecule has 0 aliphatic heterocycles. The summed E-state index contributed by atoms with van der Waals surface area (Å²) >= 11 is 0. The molecule has 3 aromatic rings. The summed E-state index contributed by atoms with van der Waals surface area (Å²) in [5, 5.41) is 22.7. The van der Waals surface area contributed by atoms with Crippen LogP contribution in [0.1, 0.15) is 10.5 Å². The number of carboxylic acid groups (broad SMARTS) is 1. The van der Waals surface area contributed by atoms with Gasteiger partial charge in [0.2, 0.25) is 0 Å². The van der Waals surface area contributed by atoms with Crippen molar-refractivity contribution in [2.75, 3.05) is 0 Å². The van der Waals surface area contributed by atoms with Crippen LogP contribution in [-0.4, -0.2) is 25.9 Å². The Morgan fingerprint density at radius 2 is 2.11 bits per heavy atom. The quantitative estimate of drug-likeness (QED) is 0.735. The molecule has 0 aliphatic carbocycles. The van der Waals surface area contributed by atoms with Crippen molar-refractivity contribution in [3.05, 3.63) is 36.0 Å². The van der Waals surface area contributed by atoms with Crippen molar-refractivity contribution in [1.29, 1.82) is 0 Å². The molecule has 0 saturated heterocycles. The fraction of sp³-hybridized carbons (Fsp3) is 0.0769. The smallest absolute Gasteiger partial charge is 0.358 e. The average molecular weight is 258 g/mol. The van der Waals surface area contributed by atoms with Gasteiger partial charge in [-0.2, -0.15) is 0 Å². The highest BCUT2D eigenvalue weighted by Gasteiger charge is 2.16. The monoisotopic (exact) mass is 258 g/mol. The predicted molar refractivity (Wildman–Crippen MR) is 67.0 cm³/mol. The van der Waals surface area contributed by atoms with Gasteiger partial charge in [-0.1, -0.05) is 5.16 Å². The topological polar surface area (TPSA) is 88.5 Å². The second kappa shape index (κ2) is 3.88. The molecule has 2 heterocycles. The Morgan fingerprint density at radius 3 is 2.79 bits per heavy atom. The van der Waals surface area contributed by atoms with Crippen LogP contribution in [0.4, 0.5) is 0 Å². The molecule has 0 saturated carbocycles. The minimum atomic E-state index is -1.13. The van der Waals surface area contributed by atoms with Crippen LogP contribution in [-0.2, 0) is 7.05 Å². The third kappa shape index (κ3) is 1.74. The summed E-state index contributed by atoms with van der Waals surface area (Å²) in [7, 11) is 1.81. The van der Waals surface area contributed by atoms with Gasteiger partial charge in [0.25, 0.3) is 0 Å². The van der Waals surface area contributed by atoms with Gasteiger partial charge in [-0.15, -0.1) is 0 Å². The van der Waals surface area contributed by atoms with Crippen molar-refractivity contribution >= 4 is 16.9 Å². The summed E-state index contributed by atoms with van der Waals surface area (Å²) in [6.45, 7) is 0. The average Bonchev–Trinajstić information content (AvgIpc) is 2.95. The zero-order valence-corrected chi connectivity index (χ0v) is 9.99. The zero-order valence-electron chi connectivity index (χ0n) is 9.99. The summed E-state index contributed by atoms with van der Waals surface area (Å²) in [6, 6.07) is 8.22. The number of rotatable bonds is 2. The highest BCUT2D eigenvalue weighted by atomic mass is 16.5.